The molecule has 1 aliphatic heterocycles. The zero-order valence-corrected chi connectivity index (χ0v) is 13.4. The monoisotopic (exact) mass is 326 g/mol. The van der Waals surface area contributed by atoms with Crippen LogP contribution in [0, 0.1) is 5.41 Å². The van der Waals surface area contributed by atoms with E-state index in [0.717, 1.165) is 18.7 Å². The molecular weight excluding hydrogens is 308 g/mol. The topological polar surface area (TPSA) is 88.3 Å². The lowest BCUT2D eigenvalue weighted by atomic mass is 9.96. The Balaban J connectivity index is 1.37. The van der Waals surface area contributed by atoms with Crippen molar-refractivity contribution >= 4 is 11.8 Å². The van der Waals surface area contributed by atoms with Gasteiger partial charge < -0.3 is 14.7 Å². The Labute approximate surface area is 139 Å². The van der Waals surface area contributed by atoms with Gasteiger partial charge in [-0.3, -0.25) is 9.59 Å². The zero-order valence-electron chi connectivity index (χ0n) is 13.4. The number of amides is 2. The van der Waals surface area contributed by atoms with E-state index in [2.05, 4.69) is 15.5 Å². The molecule has 0 bridgehead atoms. The van der Waals surface area contributed by atoms with Gasteiger partial charge in [-0.2, -0.15) is 4.98 Å². The van der Waals surface area contributed by atoms with Gasteiger partial charge in [0.15, 0.2) is 0 Å². The average molecular weight is 326 g/mol. The average Bonchev–Trinajstić information content (AvgIpc) is 3.22. The van der Waals surface area contributed by atoms with Crippen LogP contribution in [0.25, 0.3) is 11.5 Å². The molecule has 4 rings (SSSR count). The second kappa shape index (κ2) is 5.43. The summed E-state index contributed by atoms with van der Waals surface area (Å²) in [6.07, 6.45) is 2.42. The van der Waals surface area contributed by atoms with E-state index in [0.29, 0.717) is 5.41 Å². The van der Waals surface area contributed by atoms with E-state index in [4.69, 9.17) is 4.52 Å². The van der Waals surface area contributed by atoms with Gasteiger partial charge in [0, 0.05) is 24.1 Å². The summed E-state index contributed by atoms with van der Waals surface area (Å²) in [6, 6.07) is 8.60. The minimum atomic E-state index is -0.604. The van der Waals surface area contributed by atoms with Crippen LogP contribution in [0.4, 0.5) is 0 Å². The number of nitrogens with zero attached hydrogens (tertiary/aromatic N) is 3. The van der Waals surface area contributed by atoms with E-state index in [-0.39, 0.29) is 17.6 Å². The van der Waals surface area contributed by atoms with Crippen molar-refractivity contribution in [2.24, 2.45) is 5.41 Å². The summed E-state index contributed by atoms with van der Waals surface area (Å²) in [5, 5.41) is 6.34. The van der Waals surface area contributed by atoms with Gasteiger partial charge in [-0.1, -0.05) is 23.4 Å². The zero-order chi connectivity index (χ0) is 16.7. The second-order valence-electron chi connectivity index (χ2n) is 6.68. The fourth-order valence-electron chi connectivity index (χ4n) is 3.02. The maximum Gasteiger partial charge on any atom is 0.293 e. The van der Waals surface area contributed by atoms with Crippen molar-refractivity contribution in [2.75, 3.05) is 13.1 Å². The number of likely N-dealkylation sites (tertiary alicyclic amines) is 1. The van der Waals surface area contributed by atoms with Gasteiger partial charge >= 0.3 is 0 Å². The molecule has 1 spiro atoms. The summed E-state index contributed by atoms with van der Waals surface area (Å²) < 4.78 is 5.11. The van der Waals surface area contributed by atoms with Crippen LogP contribution >= 0.6 is 0 Å². The Morgan fingerprint density at radius 3 is 2.62 bits per heavy atom. The van der Waals surface area contributed by atoms with Crippen molar-refractivity contribution in [1.29, 1.82) is 0 Å². The van der Waals surface area contributed by atoms with Gasteiger partial charge in [-0.05, 0) is 31.9 Å². The molecule has 0 radical (unpaired) electrons. The van der Waals surface area contributed by atoms with Gasteiger partial charge in [-0.15, -0.1) is 0 Å². The first kappa shape index (κ1) is 14.9. The Morgan fingerprint density at radius 1 is 1.25 bits per heavy atom. The molecular formula is C17H18N4O3. The summed E-state index contributed by atoms with van der Waals surface area (Å²) in [7, 11) is 0. The lowest BCUT2D eigenvalue weighted by molar-refractivity contribution is -0.140. The molecule has 1 saturated heterocycles. The number of benzene rings is 1. The minimum Gasteiger partial charge on any atom is -0.340 e. The smallest absolute Gasteiger partial charge is 0.293 e. The third-order valence-electron chi connectivity index (χ3n) is 4.69. The maximum atomic E-state index is 12.3. The quantitative estimate of drug-likeness (QED) is 0.919. The van der Waals surface area contributed by atoms with E-state index in [9.17, 15) is 9.59 Å². The highest BCUT2D eigenvalue weighted by molar-refractivity contribution is 5.95. The molecule has 2 heterocycles. The largest absolute Gasteiger partial charge is 0.340 e. The number of hydrogen-bond acceptors (Lipinski definition) is 5. The van der Waals surface area contributed by atoms with Crippen LogP contribution in [0.15, 0.2) is 34.9 Å². The summed E-state index contributed by atoms with van der Waals surface area (Å²) in [5.74, 6) is -0.370. The number of aromatic nitrogens is 2. The van der Waals surface area contributed by atoms with Gasteiger partial charge in [0.05, 0.1) is 0 Å². The van der Waals surface area contributed by atoms with E-state index >= 15 is 0 Å². The van der Waals surface area contributed by atoms with Crippen LogP contribution < -0.4 is 5.32 Å². The van der Waals surface area contributed by atoms with Crippen LogP contribution in [0.5, 0.6) is 0 Å². The fraction of sp³-hybridized carbons (Fsp3) is 0.412. The fourth-order valence-corrected chi connectivity index (χ4v) is 3.02. The van der Waals surface area contributed by atoms with Crippen molar-refractivity contribution in [3.8, 4) is 11.5 Å². The Kier molecular flexibility index (Phi) is 3.37. The molecule has 2 aromatic rings. The Morgan fingerprint density at radius 2 is 1.96 bits per heavy atom. The summed E-state index contributed by atoms with van der Waals surface area (Å²) >= 11 is 0. The van der Waals surface area contributed by atoms with Crippen molar-refractivity contribution < 1.29 is 14.1 Å². The molecule has 2 aliphatic rings. The first-order valence-corrected chi connectivity index (χ1v) is 8.05. The first-order valence-electron chi connectivity index (χ1n) is 8.05. The van der Waals surface area contributed by atoms with Crippen molar-refractivity contribution in [3.63, 3.8) is 0 Å². The van der Waals surface area contributed by atoms with Crippen molar-refractivity contribution in [3.05, 3.63) is 36.2 Å². The molecule has 1 aromatic carbocycles. The molecule has 1 saturated carbocycles. The molecule has 2 fully saturated rings. The highest BCUT2D eigenvalue weighted by atomic mass is 16.5. The number of nitrogens with one attached hydrogen (secondary N) is 1. The normalized spacial score (nSPS) is 18.8. The number of carbonyl (C=O) groups is 2. The second-order valence-corrected chi connectivity index (χ2v) is 6.68. The predicted octanol–water partition coefficient (Wildman–Crippen LogP) is 1.48. The highest BCUT2D eigenvalue weighted by Crippen LogP contribution is 2.52. The molecule has 1 atom stereocenters. The van der Waals surface area contributed by atoms with Crippen LogP contribution in [-0.4, -0.2) is 46.0 Å². The summed E-state index contributed by atoms with van der Waals surface area (Å²) in [6.45, 7) is 3.30. The molecule has 1 aliphatic carbocycles. The maximum absolute atomic E-state index is 12.3. The van der Waals surface area contributed by atoms with Crippen LogP contribution in [0.2, 0.25) is 0 Å². The Bertz CT molecular complexity index is 774. The van der Waals surface area contributed by atoms with Crippen LogP contribution in [-0.2, 0) is 4.79 Å². The standard InChI is InChI=1S/C17H18N4O3/c1-11(16(23)21-9-17(10-21)7-8-17)18-14(22)13-19-15(24-20-13)12-5-3-2-4-6-12/h2-6,11H,7-10H2,1H3,(H,18,22)/t11-/m1/s1. The van der Waals surface area contributed by atoms with E-state index < -0.39 is 11.9 Å². The third-order valence-corrected chi connectivity index (χ3v) is 4.69. The number of carbonyl (C=O) groups excluding carboxylic acids is 2. The van der Waals surface area contributed by atoms with Crippen molar-refractivity contribution in [2.45, 2.75) is 25.8 Å². The number of hydrogen-bond donors (Lipinski definition) is 1. The minimum absolute atomic E-state index is 0.0624. The third kappa shape index (κ3) is 2.66. The van der Waals surface area contributed by atoms with E-state index in [1.807, 2.05) is 30.3 Å². The lowest BCUT2D eigenvalue weighted by Gasteiger charge is -2.41. The molecule has 7 heteroatoms. The molecule has 1 N–H and O–H groups in total. The van der Waals surface area contributed by atoms with E-state index in [1.54, 1.807) is 11.8 Å². The van der Waals surface area contributed by atoms with Gasteiger partial charge in [0.25, 0.3) is 17.6 Å². The SMILES string of the molecule is C[C@@H](NC(=O)c1noc(-c2ccccc2)n1)C(=O)N1CC2(CC2)C1. The Hall–Kier alpha value is -2.70. The molecule has 1 aromatic heterocycles. The van der Waals surface area contributed by atoms with Gasteiger partial charge in [-0.25, -0.2) is 0 Å². The predicted molar refractivity (Wildman–Crippen MR) is 84.9 cm³/mol. The first-order chi connectivity index (χ1) is 11.6. The van der Waals surface area contributed by atoms with Crippen LogP contribution in [0.3, 0.4) is 0 Å². The van der Waals surface area contributed by atoms with Gasteiger partial charge in [0.1, 0.15) is 6.04 Å². The molecule has 2 amide bonds. The van der Waals surface area contributed by atoms with E-state index in [1.165, 1.54) is 12.8 Å². The van der Waals surface area contributed by atoms with Crippen LogP contribution in [0.1, 0.15) is 30.4 Å². The number of rotatable bonds is 4. The molecule has 7 nitrogen and oxygen atoms in total. The molecule has 0 unspecified atom stereocenters. The summed E-state index contributed by atoms with van der Waals surface area (Å²) in [4.78, 5) is 30.4. The molecule has 24 heavy (non-hydrogen) atoms. The van der Waals surface area contributed by atoms with Gasteiger partial charge in [0.2, 0.25) is 5.91 Å². The highest BCUT2D eigenvalue weighted by Gasteiger charge is 2.54. The van der Waals surface area contributed by atoms with Crippen molar-refractivity contribution in [1.82, 2.24) is 20.4 Å². The lowest BCUT2D eigenvalue weighted by Crippen LogP contribution is -2.57. The molecule has 124 valence electrons. The summed E-state index contributed by atoms with van der Waals surface area (Å²) in [5.41, 5.74) is 1.14.